The van der Waals surface area contributed by atoms with Gasteiger partial charge in [-0.3, -0.25) is 4.79 Å². The van der Waals surface area contributed by atoms with Crippen molar-refractivity contribution in [3.05, 3.63) is 58.7 Å². The van der Waals surface area contributed by atoms with Crippen molar-refractivity contribution in [3.8, 4) is 17.6 Å². The third kappa shape index (κ3) is 6.39. The predicted molar refractivity (Wildman–Crippen MR) is 116 cm³/mol. The lowest BCUT2D eigenvalue weighted by Crippen LogP contribution is -2.14. The second-order valence-corrected chi connectivity index (χ2v) is 6.78. The van der Waals surface area contributed by atoms with E-state index in [1.807, 2.05) is 57.2 Å². The Balaban J connectivity index is 2.23. The van der Waals surface area contributed by atoms with Gasteiger partial charge in [-0.05, 0) is 62.6 Å². The van der Waals surface area contributed by atoms with Gasteiger partial charge in [0, 0.05) is 5.69 Å². The van der Waals surface area contributed by atoms with E-state index in [-0.39, 0.29) is 5.57 Å². The summed E-state index contributed by atoms with van der Waals surface area (Å²) in [5, 5.41) is 12.3. The van der Waals surface area contributed by atoms with E-state index in [1.165, 1.54) is 0 Å². The number of amides is 1. The summed E-state index contributed by atoms with van der Waals surface area (Å²) in [6, 6.07) is 13.1. The van der Waals surface area contributed by atoms with E-state index in [1.54, 1.807) is 12.1 Å². The first-order chi connectivity index (χ1) is 14.0. The van der Waals surface area contributed by atoms with Crippen molar-refractivity contribution in [3.63, 3.8) is 0 Å². The Hall–Kier alpha value is -3.26. The quantitative estimate of drug-likeness (QED) is 0.351. The summed E-state index contributed by atoms with van der Waals surface area (Å²) in [5.74, 6) is 0.820. The zero-order valence-corrected chi connectivity index (χ0v) is 17.5. The number of nitriles is 1. The molecule has 5 nitrogen and oxygen atoms in total. The lowest BCUT2D eigenvalue weighted by molar-refractivity contribution is -0.112. The minimum Gasteiger partial charge on any atom is -0.490 e. The Morgan fingerprint density at radius 1 is 1.10 bits per heavy atom. The molecule has 5 heteroatoms. The number of carbonyl (C=O) groups excluding carboxylic acids is 1. The van der Waals surface area contributed by atoms with E-state index in [0.717, 1.165) is 24.0 Å². The van der Waals surface area contributed by atoms with Crippen LogP contribution in [0.3, 0.4) is 0 Å². The van der Waals surface area contributed by atoms with Gasteiger partial charge in [-0.2, -0.15) is 5.26 Å². The highest BCUT2D eigenvalue weighted by Crippen LogP contribution is 2.29. The summed E-state index contributed by atoms with van der Waals surface area (Å²) in [4.78, 5) is 12.6. The second-order valence-electron chi connectivity index (χ2n) is 6.78. The standard InChI is InChI=1S/C24H28N2O3/c1-5-7-12-29-22-11-9-19(15-23(22)28-6-2)14-20(16-25)24(27)26-21-10-8-17(3)13-18(21)4/h8-11,13-15H,5-7,12H2,1-4H3,(H,26,27). The second kappa shape index (κ2) is 10.9. The number of rotatable bonds is 9. The van der Waals surface area contributed by atoms with Crippen LogP contribution >= 0.6 is 0 Å². The molecule has 0 spiro atoms. The van der Waals surface area contributed by atoms with Crippen LogP contribution in [0.2, 0.25) is 0 Å². The van der Waals surface area contributed by atoms with Crippen molar-refractivity contribution in [1.82, 2.24) is 0 Å². The Morgan fingerprint density at radius 2 is 1.90 bits per heavy atom. The number of hydrogen-bond donors (Lipinski definition) is 1. The van der Waals surface area contributed by atoms with E-state index in [9.17, 15) is 10.1 Å². The van der Waals surface area contributed by atoms with Crippen LogP contribution in [0.1, 0.15) is 43.4 Å². The van der Waals surface area contributed by atoms with Gasteiger partial charge in [0.2, 0.25) is 0 Å². The molecule has 1 amide bonds. The van der Waals surface area contributed by atoms with Gasteiger partial charge < -0.3 is 14.8 Å². The molecular formula is C24H28N2O3. The van der Waals surface area contributed by atoms with Crippen molar-refractivity contribution >= 4 is 17.7 Å². The van der Waals surface area contributed by atoms with Crippen LogP contribution in [0.5, 0.6) is 11.5 Å². The molecule has 0 aromatic heterocycles. The summed E-state index contributed by atoms with van der Waals surface area (Å²) >= 11 is 0. The van der Waals surface area contributed by atoms with Gasteiger partial charge in [-0.1, -0.05) is 37.1 Å². The van der Waals surface area contributed by atoms with Gasteiger partial charge in [0.05, 0.1) is 13.2 Å². The van der Waals surface area contributed by atoms with Crippen molar-refractivity contribution in [2.75, 3.05) is 18.5 Å². The molecule has 0 unspecified atom stereocenters. The molecule has 2 aromatic rings. The molecule has 0 radical (unpaired) electrons. The highest BCUT2D eigenvalue weighted by molar-refractivity contribution is 6.10. The Labute approximate surface area is 173 Å². The topological polar surface area (TPSA) is 71.3 Å². The molecular weight excluding hydrogens is 364 g/mol. The largest absolute Gasteiger partial charge is 0.490 e. The number of anilines is 1. The number of unbranched alkanes of at least 4 members (excludes halogenated alkanes) is 1. The maximum Gasteiger partial charge on any atom is 0.266 e. The fraction of sp³-hybridized carbons (Fsp3) is 0.333. The Kier molecular flexibility index (Phi) is 8.29. The number of hydrogen-bond acceptors (Lipinski definition) is 4. The minimum absolute atomic E-state index is 0.0204. The number of carbonyl (C=O) groups is 1. The van der Waals surface area contributed by atoms with Gasteiger partial charge in [-0.15, -0.1) is 0 Å². The molecule has 0 aliphatic rings. The van der Waals surface area contributed by atoms with Gasteiger partial charge in [0.15, 0.2) is 11.5 Å². The highest BCUT2D eigenvalue weighted by Gasteiger charge is 2.12. The number of nitrogens with zero attached hydrogens (tertiary/aromatic N) is 1. The first kappa shape index (κ1) is 22.0. The average molecular weight is 392 g/mol. The summed E-state index contributed by atoms with van der Waals surface area (Å²) in [5.41, 5.74) is 3.47. The average Bonchev–Trinajstić information content (AvgIpc) is 2.70. The Bertz CT molecular complexity index is 926. The van der Waals surface area contributed by atoms with Crippen LogP contribution in [0.25, 0.3) is 6.08 Å². The van der Waals surface area contributed by atoms with Crippen molar-refractivity contribution in [1.29, 1.82) is 5.26 Å². The number of aryl methyl sites for hydroxylation is 2. The maximum absolute atomic E-state index is 12.6. The molecule has 152 valence electrons. The smallest absolute Gasteiger partial charge is 0.266 e. The first-order valence-corrected chi connectivity index (χ1v) is 9.88. The van der Waals surface area contributed by atoms with E-state index in [2.05, 4.69) is 12.2 Å². The molecule has 0 aliphatic heterocycles. The molecule has 0 atom stereocenters. The molecule has 0 aliphatic carbocycles. The van der Waals surface area contributed by atoms with Crippen LogP contribution in [0.4, 0.5) is 5.69 Å². The molecule has 29 heavy (non-hydrogen) atoms. The monoisotopic (exact) mass is 392 g/mol. The minimum atomic E-state index is -0.444. The van der Waals surface area contributed by atoms with Crippen LogP contribution in [0, 0.1) is 25.2 Å². The van der Waals surface area contributed by atoms with Crippen LogP contribution < -0.4 is 14.8 Å². The van der Waals surface area contributed by atoms with Gasteiger partial charge in [-0.25, -0.2) is 0 Å². The van der Waals surface area contributed by atoms with Crippen molar-refractivity contribution < 1.29 is 14.3 Å². The molecule has 0 bridgehead atoms. The summed E-state index contributed by atoms with van der Waals surface area (Å²) < 4.78 is 11.4. The highest BCUT2D eigenvalue weighted by atomic mass is 16.5. The molecule has 0 fully saturated rings. The maximum atomic E-state index is 12.6. The fourth-order valence-electron chi connectivity index (χ4n) is 2.79. The summed E-state index contributed by atoms with van der Waals surface area (Å²) in [6.45, 7) is 9.03. The van der Waals surface area contributed by atoms with Crippen LogP contribution in [-0.2, 0) is 4.79 Å². The fourth-order valence-corrected chi connectivity index (χ4v) is 2.79. The number of benzene rings is 2. The van der Waals surface area contributed by atoms with Crippen LogP contribution in [0.15, 0.2) is 42.0 Å². The molecule has 2 aromatic carbocycles. The van der Waals surface area contributed by atoms with Gasteiger partial charge in [0.25, 0.3) is 5.91 Å². The molecule has 0 saturated carbocycles. The zero-order chi connectivity index (χ0) is 21.2. The van der Waals surface area contributed by atoms with Crippen molar-refractivity contribution in [2.45, 2.75) is 40.5 Å². The van der Waals surface area contributed by atoms with E-state index in [4.69, 9.17) is 9.47 Å². The third-order valence-electron chi connectivity index (χ3n) is 4.33. The van der Waals surface area contributed by atoms with Gasteiger partial charge >= 0.3 is 0 Å². The van der Waals surface area contributed by atoms with E-state index >= 15 is 0 Å². The molecule has 1 N–H and O–H groups in total. The molecule has 0 heterocycles. The summed E-state index contributed by atoms with van der Waals surface area (Å²) in [6.07, 6.45) is 3.56. The van der Waals surface area contributed by atoms with Crippen molar-refractivity contribution in [2.24, 2.45) is 0 Å². The Morgan fingerprint density at radius 3 is 2.55 bits per heavy atom. The lowest BCUT2D eigenvalue weighted by atomic mass is 10.1. The SMILES string of the molecule is CCCCOc1ccc(C=C(C#N)C(=O)Nc2ccc(C)cc2C)cc1OCC. The lowest BCUT2D eigenvalue weighted by Gasteiger charge is -2.12. The molecule has 0 saturated heterocycles. The van der Waals surface area contributed by atoms with Gasteiger partial charge in [0.1, 0.15) is 11.6 Å². The van der Waals surface area contributed by atoms with Crippen LogP contribution in [-0.4, -0.2) is 19.1 Å². The van der Waals surface area contributed by atoms with E-state index in [0.29, 0.717) is 36.0 Å². The van der Waals surface area contributed by atoms with E-state index < -0.39 is 5.91 Å². The summed E-state index contributed by atoms with van der Waals surface area (Å²) in [7, 11) is 0. The normalized spacial score (nSPS) is 10.9. The predicted octanol–water partition coefficient (Wildman–Crippen LogP) is 5.43. The third-order valence-corrected chi connectivity index (χ3v) is 4.33. The molecule has 2 rings (SSSR count). The number of ether oxygens (including phenoxy) is 2. The zero-order valence-electron chi connectivity index (χ0n) is 17.5. The first-order valence-electron chi connectivity index (χ1n) is 9.88. The number of nitrogens with one attached hydrogen (secondary N) is 1.